The summed E-state index contributed by atoms with van der Waals surface area (Å²) in [6, 6.07) is 10.8. The van der Waals surface area contributed by atoms with Gasteiger partial charge in [0.2, 0.25) is 5.91 Å². The summed E-state index contributed by atoms with van der Waals surface area (Å²) in [5, 5.41) is 4.73. The Morgan fingerprint density at radius 2 is 1.79 bits per heavy atom. The Kier molecular flexibility index (Phi) is 6.09. The molecule has 6 heteroatoms. The first-order chi connectivity index (χ1) is 11.5. The zero-order valence-corrected chi connectivity index (χ0v) is 14.8. The molecule has 5 nitrogen and oxygen atoms in total. The van der Waals surface area contributed by atoms with E-state index in [1.807, 2.05) is 36.4 Å². The molecule has 1 amide bonds. The summed E-state index contributed by atoms with van der Waals surface area (Å²) in [5.41, 5.74) is 0.868. The van der Waals surface area contributed by atoms with Crippen LogP contribution in [0.4, 0.5) is 0 Å². The summed E-state index contributed by atoms with van der Waals surface area (Å²) < 4.78 is 9.87. The number of hydrogen-bond acceptors (Lipinski definition) is 5. The minimum atomic E-state index is -0.752. The van der Waals surface area contributed by atoms with Crippen LogP contribution in [0, 0.1) is 0 Å². The standard InChI is InChI=1S/C18H21NO4S/c1-11(17(20)19-16(10-24)18(21)23-3)12-4-5-14-9-15(22-2)7-6-13(14)8-12/h4-9,11,16,24H,10H2,1-3H3,(H,19,20)/t11?,16-/m0/s1. The third-order valence-corrected chi connectivity index (χ3v) is 4.31. The lowest BCUT2D eigenvalue weighted by Crippen LogP contribution is -2.44. The van der Waals surface area contributed by atoms with Gasteiger partial charge in [0.15, 0.2) is 0 Å². The molecular weight excluding hydrogens is 326 g/mol. The topological polar surface area (TPSA) is 64.6 Å². The fraction of sp³-hybridized carbons (Fsp3) is 0.333. The van der Waals surface area contributed by atoms with E-state index in [2.05, 4.69) is 22.7 Å². The van der Waals surface area contributed by atoms with E-state index in [1.54, 1.807) is 14.0 Å². The number of hydrogen-bond donors (Lipinski definition) is 2. The summed E-state index contributed by atoms with van der Waals surface area (Å²) in [4.78, 5) is 24.0. The lowest BCUT2D eigenvalue weighted by molar-refractivity contribution is -0.144. The highest BCUT2D eigenvalue weighted by atomic mass is 32.1. The average molecular weight is 347 g/mol. The van der Waals surface area contributed by atoms with Gasteiger partial charge in [0.25, 0.3) is 0 Å². The number of benzene rings is 2. The van der Waals surface area contributed by atoms with Crippen molar-refractivity contribution in [3.8, 4) is 5.75 Å². The van der Waals surface area contributed by atoms with Crippen LogP contribution >= 0.6 is 12.6 Å². The Bertz CT molecular complexity index is 747. The molecule has 0 heterocycles. The first-order valence-electron chi connectivity index (χ1n) is 7.57. The molecule has 128 valence electrons. The molecule has 1 unspecified atom stereocenters. The summed E-state index contributed by atoms with van der Waals surface area (Å²) in [7, 11) is 2.91. The van der Waals surface area contributed by atoms with Crippen molar-refractivity contribution in [3.05, 3.63) is 42.0 Å². The Morgan fingerprint density at radius 3 is 2.42 bits per heavy atom. The number of fused-ring (bicyclic) bond motifs is 1. The summed E-state index contributed by atoms with van der Waals surface area (Å²) >= 11 is 4.08. The predicted octanol–water partition coefficient (Wildman–Crippen LogP) is 2.54. The van der Waals surface area contributed by atoms with Crippen LogP contribution in [0.3, 0.4) is 0 Å². The van der Waals surface area contributed by atoms with Gasteiger partial charge in [-0.2, -0.15) is 12.6 Å². The molecule has 0 aliphatic carbocycles. The van der Waals surface area contributed by atoms with Gasteiger partial charge in [0.1, 0.15) is 11.8 Å². The van der Waals surface area contributed by atoms with Crippen molar-refractivity contribution in [1.29, 1.82) is 0 Å². The SMILES string of the molecule is COC(=O)[C@H](CS)NC(=O)C(C)c1ccc2cc(OC)ccc2c1. The second-order valence-corrected chi connectivity index (χ2v) is 5.83. The number of rotatable bonds is 6. The number of esters is 1. The van der Waals surface area contributed by atoms with Gasteiger partial charge >= 0.3 is 5.97 Å². The first kappa shape index (κ1) is 18.1. The second-order valence-electron chi connectivity index (χ2n) is 5.46. The summed E-state index contributed by atoms with van der Waals surface area (Å²) in [6.45, 7) is 1.80. The molecule has 2 aromatic carbocycles. The maximum absolute atomic E-state index is 12.4. The number of carbonyl (C=O) groups excluding carboxylic acids is 2. The van der Waals surface area contributed by atoms with Gasteiger partial charge in [-0.3, -0.25) is 4.79 Å². The number of ether oxygens (including phenoxy) is 2. The largest absolute Gasteiger partial charge is 0.497 e. The van der Waals surface area contributed by atoms with Gasteiger partial charge in [0.05, 0.1) is 20.1 Å². The Morgan fingerprint density at radius 1 is 1.12 bits per heavy atom. The maximum atomic E-state index is 12.4. The highest BCUT2D eigenvalue weighted by Gasteiger charge is 2.23. The van der Waals surface area contributed by atoms with Crippen LogP contribution in [-0.2, 0) is 14.3 Å². The second kappa shape index (κ2) is 8.06. The molecule has 0 bridgehead atoms. The molecule has 2 aromatic rings. The third-order valence-electron chi connectivity index (χ3n) is 3.95. The van der Waals surface area contributed by atoms with Crippen LogP contribution in [0.15, 0.2) is 36.4 Å². The molecule has 1 N–H and O–H groups in total. The predicted molar refractivity (Wildman–Crippen MR) is 96.7 cm³/mol. The van der Waals surface area contributed by atoms with Crippen molar-refractivity contribution in [3.63, 3.8) is 0 Å². The molecule has 0 aliphatic rings. The Labute approximate surface area is 146 Å². The van der Waals surface area contributed by atoms with Gasteiger partial charge in [-0.1, -0.05) is 24.3 Å². The van der Waals surface area contributed by atoms with Crippen LogP contribution in [0.1, 0.15) is 18.4 Å². The number of carbonyl (C=O) groups is 2. The van der Waals surface area contributed by atoms with E-state index >= 15 is 0 Å². The summed E-state index contributed by atoms with van der Waals surface area (Å²) in [6.07, 6.45) is 0. The third kappa shape index (κ3) is 4.00. The fourth-order valence-corrected chi connectivity index (χ4v) is 2.65. The number of nitrogens with one attached hydrogen (secondary N) is 1. The van der Waals surface area contributed by atoms with Gasteiger partial charge in [0, 0.05) is 5.75 Å². The van der Waals surface area contributed by atoms with Crippen molar-refractivity contribution in [2.75, 3.05) is 20.0 Å². The van der Waals surface area contributed by atoms with E-state index in [4.69, 9.17) is 4.74 Å². The molecule has 24 heavy (non-hydrogen) atoms. The molecule has 0 aliphatic heterocycles. The monoisotopic (exact) mass is 347 g/mol. The molecule has 0 radical (unpaired) electrons. The number of thiol groups is 1. The minimum Gasteiger partial charge on any atom is -0.497 e. The van der Waals surface area contributed by atoms with Gasteiger partial charge in [-0.15, -0.1) is 0 Å². The van der Waals surface area contributed by atoms with Crippen molar-refractivity contribution in [1.82, 2.24) is 5.32 Å². The zero-order chi connectivity index (χ0) is 17.7. The molecule has 0 spiro atoms. The van der Waals surface area contributed by atoms with E-state index in [9.17, 15) is 9.59 Å². The molecule has 0 saturated heterocycles. The first-order valence-corrected chi connectivity index (χ1v) is 8.20. The molecule has 0 fully saturated rings. The molecule has 0 saturated carbocycles. The average Bonchev–Trinajstić information content (AvgIpc) is 2.63. The van der Waals surface area contributed by atoms with Crippen LogP contribution < -0.4 is 10.1 Å². The normalized spacial score (nSPS) is 13.2. The van der Waals surface area contributed by atoms with E-state index in [1.165, 1.54) is 7.11 Å². The zero-order valence-electron chi connectivity index (χ0n) is 13.9. The fourth-order valence-electron chi connectivity index (χ4n) is 2.41. The minimum absolute atomic E-state index is 0.183. The van der Waals surface area contributed by atoms with E-state index in [0.29, 0.717) is 0 Å². The van der Waals surface area contributed by atoms with Crippen LogP contribution in [0.2, 0.25) is 0 Å². The molecule has 0 aromatic heterocycles. The van der Waals surface area contributed by atoms with Crippen molar-refractivity contribution < 1.29 is 19.1 Å². The smallest absolute Gasteiger partial charge is 0.329 e. The highest BCUT2D eigenvalue weighted by Crippen LogP contribution is 2.25. The Hall–Kier alpha value is -2.21. The molecular formula is C18H21NO4S. The van der Waals surface area contributed by atoms with Gasteiger partial charge < -0.3 is 14.8 Å². The van der Waals surface area contributed by atoms with Gasteiger partial charge in [-0.05, 0) is 35.4 Å². The van der Waals surface area contributed by atoms with Crippen molar-refractivity contribution >= 4 is 35.3 Å². The summed E-state index contributed by atoms with van der Waals surface area (Å²) in [5.74, 6) is -0.175. The van der Waals surface area contributed by atoms with Crippen LogP contribution in [0.25, 0.3) is 10.8 Å². The van der Waals surface area contributed by atoms with Crippen LogP contribution in [0.5, 0.6) is 5.75 Å². The van der Waals surface area contributed by atoms with E-state index < -0.39 is 17.9 Å². The van der Waals surface area contributed by atoms with E-state index in [0.717, 1.165) is 22.1 Å². The highest BCUT2D eigenvalue weighted by molar-refractivity contribution is 7.80. The quantitative estimate of drug-likeness (QED) is 0.623. The Balaban J connectivity index is 2.19. The molecule has 2 rings (SSSR count). The molecule has 2 atom stereocenters. The van der Waals surface area contributed by atoms with E-state index in [-0.39, 0.29) is 11.7 Å². The maximum Gasteiger partial charge on any atom is 0.329 e. The van der Waals surface area contributed by atoms with Crippen molar-refractivity contribution in [2.24, 2.45) is 0 Å². The lowest BCUT2D eigenvalue weighted by Gasteiger charge is -2.18. The number of methoxy groups -OCH3 is 2. The number of amides is 1. The van der Waals surface area contributed by atoms with Crippen molar-refractivity contribution in [2.45, 2.75) is 18.9 Å². The lowest BCUT2D eigenvalue weighted by atomic mass is 9.96. The van der Waals surface area contributed by atoms with Crippen LogP contribution in [-0.4, -0.2) is 37.9 Å². The van der Waals surface area contributed by atoms with Gasteiger partial charge in [-0.25, -0.2) is 4.79 Å².